The Labute approximate surface area is 285 Å². The Morgan fingerprint density at radius 1 is 0.286 bits per heavy atom. The molecule has 49 heavy (non-hydrogen) atoms. The fraction of sp³-hybridized carbons (Fsp3) is 0.0222. The summed E-state index contributed by atoms with van der Waals surface area (Å²) in [4.78, 5) is 20.0. The summed E-state index contributed by atoms with van der Waals surface area (Å²) in [5.41, 5.74) is 14.7. The van der Waals surface area contributed by atoms with Gasteiger partial charge in [0.2, 0.25) is 0 Å². The average molecular weight is 627 g/mol. The van der Waals surface area contributed by atoms with E-state index in [2.05, 4.69) is 103 Å². The first-order chi connectivity index (χ1) is 24.3. The lowest BCUT2D eigenvalue weighted by Gasteiger charge is -2.12. The molecule has 8 aromatic rings. The van der Waals surface area contributed by atoms with E-state index in [1.165, 1.54) is 38.9 Å². The van der Waals surface area contributed by atoms with Gasteiger partial charge in [0, 0.05) is 16.7 Å². The monoisotopic (exact) mass is 626 g/mol. The molecule has 9 rings (SSSR count). The van der Waals surface area contributed by atoms with Gasteiger partial charge in [0.25, 0.3) is 0 Å². The van der Waals surface area contributed by atoms with E-state index in [0.717, 1.165) is 34.4 Å². The smallest absolute Gasteiger partial charge is 0.182 e. The summed E-state index contributed by atoms with van der Waals surface area (Å²) in [5, 5.41) is 0. The van der Waals surface area contributed by atoms with Gasteiger partial charge in [-0.05, 0) is 69.1 Å². The minimum Gasteiger partial charge on any atom is -0.244 e. The summed E-state index contributed by atoms with van der Waals surface area (Å²) in [5.74, 6) is 1.76. The molecule has 0 unspecified atom stereocenters. The Balaban J connectivity index is 1.14. The maximum Gasteiger partial charge on any atom is 0.182 e. The molecule has 0 saturated carbocycles. The highest BCUT2D eigenvalue weighted by Gasteiger charge is 2.24. The molecule has 0 spiro atoms. The van der Waals surface area contributed by atoms with Crippen LogP contribution in [-0.2, 0) is 6.42 Å². The third-order valence-electron chi connectivity index (χ3n) is 9.23. The molecule has 230 valence electrons. The van der Waals surface area contributed by atoms with E-state index in [1.54, 1.807) is 0 Å². The highest BCUT2D eigenvalue weighted by Crippen LogP contribution is 2.45. The summed E-state index contributed by atoms with van der Waals surface area (Å²) in [6, 6.07) is 58.8. The zero-order chi connectivity index (χ0) is 32.6. The van der Waals surface area contributed by atoms with Crippen molar-refractivity contribution >= 4 is 0 Å². The number of aromatic nitrogens is 4. The molecular formula is C45H30N4. The molecule has 2 heterocycles. The minimum atomic E-state index is 0.538. The molecule has 0 saturated heterocycles. The summed E-state index contributed by atoms with van der Waals surface area (Å²) in [6.07, 6.45) is 0.883. The van der Waals surface area contributed by atoms with Gasteiger partial charge in [-0.15, -0.1) is 0 Å². The van der Waals surface area contributed by atoms with E-state index >= 15 is 0 Å². The predicted molar refractivity (Wildman–Crippen MR) is 198 cm³/mol. The zero-order valence-corrected chi connectivity index (χ0v) is 26.7. The summed E-state index contributed by atoms with van der Waals surface area (Å²) < 4.78 is 0. The van der Waals surface area contributed by atoms with Gasteiger partial charge in [-0.3, -0.25) is 0 Å². The second-order valence-corrected chi connectivity index (χ2v) is 12.2. The third kappa shape index (κ3) is 5.39. The third-order valence-corrected chi connectivity index (χ3v) is 9.23. The SMILES string of the molecule is c1ccc(-c2cccc(-c3nc(-c4ccccc4)nc(-c4cccc(-c5cccc6c5Cc5c(-c7ccccc7)cccc5-6)c4)n3)n2)cc1. The van der Waals surface area contributed by atoms with Gasteiger partial charge in [-0.25, -0.2) is 19.9 Å². The molecule has 0 amide bonds. The van der Waals surface area contributed by atoms with Gasteiger partial charge in [0.1, 0.15) is 5.69 Å². The van der Waals surface area contributed by atoms with Crippen LogP contribution >= 0.6 is 0 Å². The van der Waals surface area contributed by atoms with Crippen molar-refractivity contribution in [1.82, 2.24) is 19.9 Å². The van der Waals surface area contributed by atoms with Crippen molar-refractivity contribution in [3.63, 3.8) is 0 Å². The first-order valence-corrected chi connectivity index (χ1v) is 16.5. The largest absolute Gasteiger partial charge is 0.244 e. The van der Waals surface area contributed by atoms with Crippen LogP contribution in [0.4, 0.5) is 0 Å². The maximum atomic E-state index is 5.03. The molecule has 2 aromatic heterocycles. The van der Waals surface area contributed by atoms with Crippen LogP contribution in [-0.4, -0.2) is 19.9 Å². The van der Waals surface area contributed by atoms with Gasteiger partial charge in [-0.2, -0.15) is 0 Å². The number of rotatable bonds is 6. The molecular weight excluding hydrogens is 597 g/mol. The summed E-state index contributed by atoms with van der Waals surface area (Å²) in [6.45, 7) is 0. The predicted octanol–water partition coefficient (Wildman–Crippen LogP) is 10.8. The van der Waals surface area contributed by atoms with Crippen LogP contribution in [0, 0.1) is 0 Å². The van der Waals surface area contributed by atoms with Crippen LogP contribution < -0.4 is 0 Å². The lowest BCUT2D eigenvalue weighted by atomic mass is 9.94. The molecule has 0 atom stereocenters. The van der Waals surface area contributed by atoms with Gasteiger partial charge in [0.15, 0.2) is 17.5 Å². The minimum absolute atomic E-state index is 0.538. The Bertz CT molecular complexity index is 2460. The van der Waals surface area contributed by atoms with E-state index in [1.807, 2.05) is 66.7 Å². The quantitative estimate of drug-likeness (QED) is 0.184. The number of hydrogen-bond acceptors (Lipinski definition) is 4. The summed E-state index contributed by atoms with van der Waals surface area (Å²) >= 11 is 0. The van der Waals surface area contributed by atoms with Crippen molar-refractivity contribution in [2.24, 2.45) is 0 Å². The lowest BCUT2D eigenvalue weighted by Crippen LogP contribution is -2.01. The molecule has 0 bridgehead atoms. The van der Waals surface area contributed by atoms with Gasteiger partial charge in [-0.1, -0.05) is 152 Å². The molecule has 6 aromatic carbocycles. The number of pyridine rings is 1. The fourth-order valence-corrected chi connectivity index (χ4v) is 6.89. The normalized spacial score (nSPS) is 11.6. The molecule has 1 aliphatic carbocycles. The highest BCUT2D eigenvalue weighted by molar-refractivity contribution is 5.90. The van der Waals surface area contributed by atoms with Crippen molar-refractivity contribution in [1.29, 1.82) is 0 Å². The van der Waals surface area contributed by atoms with Crippen molar-refractivity contribution in [3.05, 3.63) is 181 Å². The summed E-state index contributed by atoms with van der Waals surface area (Å²) in [7, 11) is 0. The molecule has 1 aliphatic rings. The molecule has 4 heteroatoms. The van der Waals surface area contributed by atoms with Gasteiger partial charge in [0.05, 0.1) is 5.69 Å². The first kappa shape index (κ1) is 28.7. The Morgan fingerprint density at radius 2 is 0.735 bits per heavy atom. The van der Waals surface area contributed by atoms with Crippen molar-refractivity contribution in [2.45, 2.75) is 6.42 Å². The van der Waals surface area contributed by atoms with Crippen LogP contribution in [0.1, 0.15) is 11.1 Å². The number of fused-ring (bicyclic) bond motifs is 3. The van der Waals surface area contributed by atoms with E-state index in [9.17, 15) is 0 Å². The Hall–Kier alpha value is -6.52. The van der Waals surface area contributed by atoms with Crippen LogP contribution in [0.3, 0.4) is 0 Å². The van der Waals surface area contributed by atoms with E-state index in [0.29, 0.717) is 23.2 Å². The molecule has 0 radical (unpaired) electrons. The van der Waals surface area contributed by atoms with Crippen LogP contribution in [0.15, 0.2) is 170 Å². The molecule has 0 aliphatic heterocycles. The number of benzene rings is 6. The van der Waals surface area contributed by atoms with Gasteiger partial charge < -0.3 is 0 Å². The Kier molecular flexibility index (Phi) is 7.17. The standard InChI is InChI=1S/C45H30N4/c1-4-14-30(15-5-1)35-22-11-24-37-38-25-12-23-36(40(38)29-39(35)37)33-20-10-21-34(28-33)44-47-43(32-18-8-3-9-19-32)48-45(49-44)42-27-13-26-41(46-42)31-16-6-2-7-17-31/h1-28H,29H2. The molecule has 4 nitrogen and oxygen atoms in total. The van der Waals surface area contributed by atoms with Crippen LogP contribution in [0.2, 0.25) is 0 Å². The van der Waals surface area contributed by atoms with Crippen molar-refractivity contribution < 1.29 is 0 Å². The number of nitrogens with zero attached hydrogens (tertiary/aromatic N) is 4. The van der Waals surface area contributed by atoms with Gasteiger partial charge >= 0.3 is 0 Å². The highest BCUT2D eigenvalue weighted by atomic mass is 15.0. The molecule has 0 fully saturated rings. The van der Waals surface area contributed by atoms with E-state index in [4.69, 9.17) is 19.9 Å². The average Bonchev–Trinajstić information content (AvgIpc) is 3.58. The van der Waals surface area contributed by atoms with E-state index < -0.39 is 0 Å². The fourth-order valence-electron chi connectivity index (χ4n) is 6.89. The lowest BCUT2D eigenvalue weighted by molar-refractivity contribution is 1.06. The number of hydrogen-bond donors (Lipinski definition) is 0. The topological polar surface area (TPSA) is 51.6 Å². The second kappa shape index (κ2) is 12.3. The van der Waals surface area contributed by atoms with Crippen molar-refractivity contribution in [2.75, 3.05) is 0 Å². The molecule has 0 N–H and O–H groups in total. The Morgan fingerprint density at radius 3 is 1.41 bits per heavy atom. The maximum absolute atomic E-state index is 5.03. The van der Waals surface area contributed by atoms with Crippen LogP contribution in [0.25, 0.3) is 78.9 Å². The zero-order valence-electron chi connectivity index (χ0n) is 26.7. The van der Waals surface area contributed by atoms with Crippen LogP contribution in [0.5, 0.6) is 0 Å². The first-order valence-electron chi connectivity index (χ1n) is 16.5. The second-order valence-electron chi connectivity index (χ2n) is 12.2. The van der Waals surface area contributed by atoms with Crippen molar-refractivity contribution in [3.8, 4) is 78.9 Å². The van der Waals surface area contributed by atoms with E-state index in [-0.39, 0.29) is 0 Å².